The molecule has 0 bridgehead atoms. The number of nitrogens with one attached hydrogen (secondary N) is 1. The van der Waals surface area contributed by atoms with Gasteiger partial charge in [-0.05, 0) is 29.1 Å². The zero-order valence-electron chi connectivity index (χ0n) is 14.2. The molecule has 0 aliphatic rings. The van der Waals surface area contributed by atoms with Gasteiger partial charge in [-0.2, -0.15) is 9.67 Å². The predicted octanol–water partition coefficient (Wildman–Crippen LogP) is 4.45. The molecule has 0 saturated carbocycles. The number of rotatable bonds is 5. The largest absolute Gasteiger partial charge is 0.350 e. The standard InChI is InChI=1S/C20H15FN4OS/c21-16-10-5-4-9-15(16)19(26)25-20(22-13-14-7-2-1-3-8-14)23-18(24-25)17-11-6-12-27-17/h1-12H,13H2,(H,22,23,24). The van der Waals surface area contributed by atoms with Gasteiger partial charge in [-0.25, -0.2) is 4.39 Å². The second-order valence-corrected chi connectivity index (χ2v) is 6.72. The summed E-state index contributed by atoms with van der Waals surface area (Å²) in [5, 5.41) is 9.36. The fraction of sp³-hybridized carbons (Fsp3) is 0.0500. The molecule has 4 rings (SSSR count). The number of nitrogens with zero attached hydrogens (tertiary/aromatic N) is 3. The van der Waals surface area contributed by atoms with Gasteiger partial charge in [0, 0.05) is 6.54 Å². The van der Waals surface area contributed by atoms with Gasteiger partial charge in [0.1, 0.15) is 5.82 Å². The highest BCUT2D eigenvalue weighted by molar-refractivity contribution is 7.13. The Morgan fingerprint density at radius 2 is 1.81 bits per heavy atom. The van der Waals surface area contributed by atoms with Crippen molar-refractivity contribution in [1.29, 1.82) is 0 Å². The smallest absolute Gasteiger partial charge is 0.284 e. The normalized spacial score (nSPS) is 10.7. The quantitative estimate of drug-likeness (QED) is 0.558. The Labute approximate surface area is 159 Å². The minimum absolute atomic E-state index is 0.0529. The summed E-state index contributed by atoms with van der Waals surface area (Å²) in [6.07, 6.45) is 0. The van der Waals surface area contributed by atoms with Gasteiger partial charge in [-0.3, -0.25) is 4.79 Å². The van der Waals surface area contributed by atoms with Gasteiger partial charge in [0.05, 0.1) is 10.4 Å². The topological polar surface area (TPSA) is 59.8 Å². The molecular formula is C20H15FN4OS. The number of hydrogen-bond donors (Lipinski definition) is 1. The number of carbonyl (C=O) groups is 1. The van der Waals surface area contributed by atoms with Crippen molar-refractivity contribution in [1.82, 2.24) is 14.8 Å². The van der Waals surface area contributed by atoms with Crippen molar-refractivity contribution in [2.45, 2.75) is 6.54 Å². The van der Waals surface area contributed by atoms with Crippen molar-refractivity contribution >= 4 is 23.2 Å². The van der Waals surface area contributed by atoms with E-state index < -0.39 is 11.7 Å². The second-order valence-electron chi connectivity index (χ2n) is 5.77. The summed E-state index contributed by atoms with van der Waals surface area (Å²) in [6.45, 7) is 0.466. The van der Waals surface area contributed by atoms with Crippen LogP contribution < -0.4 is 5.32 Å². The van der Waals surface area contributed by atoms with Crippen molar-refractivity contribution in [3.05, 3.63) is 89.1 Å². The van der Waals surface area contributed by atoms with Crippen molar-refractivity contribution in [3.63, 3.8) is 0 Å². The fourth-order valence-electron chi connectivity index (χ4n) is 2.60. The minimum Gasteiger partial charge on any atom is -0.350 e. The average Bonchev–Trinajstić information content (AvgIpc) is 3.37. The van der Waals surface area contributed by atoms with E-state index in [1.54, 1.807) is 12.1 Å². The number of aromatic nitrogens is 3. The molecule has 0 aliphatic carbocycles. The van der Waals surface area contributed by atoms with E-state index in [0.717, 1.165) is 15.1 Å². The van der Waals surface area contributed by atoms with E-state index in [9.17, 15) is 9.18 Å². The molecule has 5 nitrogen and oxygen atoms in total. The lowest BCUT2D eigenvalue weighted by Crippen LogP contribution is -2.18. The molecule has 0 spiro atoms. The van der Waals surface area contributed by atoms with Crippen LogP contribution in [0.2, 0.25) is 0 Å². The number of halogens is 1. The third-order valence-corrected chi connectivity index (χ3v) is 4.80. The number of benzene rings is 2. The third-order valence-electron chi connectivity index (χ3n) is 3.94. The number of thiophene rings is 1. The summed E-state index contributed by atoms with van der Waals surface area (Å²) in [5.74, 6) is -0.468. The highest BCUT2D eigenvalue weighted by Gasteiger charge is 2.21. The van der Waals surface area contributed by atoms with Gasteiger partial charge >= 0.3 is 0 Å². The molecule has 27 heavy (non-hydrogen) atoms. The summed E-state index contributed by atoms with van der Waals surface area (Å²) in [5.41, 5.74) is 0.978. The summed E-state index contributed by atoms with van der Waals surface area (Å²) >= 11 is 1.47. The number of carbonyl (C=O) groups excluding carboxylic acids is 1. The maximum Gasteiger partial charge on any atom is 0.284 e. The molecular weight excluding hydrogens is 363 g/mol. The van der Waals surface area contributed by atoms with Gasteiger partial charge in [0.25, 0.3) is 5.91 Å². The van der Waals surface area contributed by atoms with E-state index in [-0.39, 0.29) is 11.5 Å². The lowest BCUT2D eigenvalue weighted by atomic mass is 10.2. The van der Waals surface area contributed by atoms with Crippen molar-refractivity contribution in [2.24, 2.45) is 0 Å². The van der Waals surface area contributed by atoms with Crippen LogP contribution in [-0.4, -0.2) is 20.7 Å². The van der Waals surface area contributed by atoms with E-state index in [4.69, 9.17) is 0 Å². The molecule has 0 atom stereocenters. The molecule has 1 N–H and O–H groups in total. The first kappa shape index (κ1) is 17.1. The molecule has 0 fully saturated rings. The van der Waals surface area contributed by atoms with Crippen LogP contribution in [-0.2, 0) is 6.54 Å². The first-order chi connectivity index (χ1) is 13.2. The van der Waals surface area contributed by atoms with Gasteiger partial charge in [-0.15, -0.1) is 16.4 Å². The zero-order chi connectivity index (χ0) is 18.6. The minimum atomic E-state index is -0.593. The molecule has 2 aromatic heterocycles. The SMILES string of the molecule is O=C(c1ccccc1F)n1nc(-c2cccs2)nc1NCc1ccccc1. The summed E-state index contributed by atoms with van der Waals surface area (Å²) in [4.78, 5) is 18.1. The highest BCUT2D eigenvalue weighted by atomic mass is 32.1. The van der Waals surface area contributed by atoms with Crippen LogP contribution in [0.3, 0.4) is 0 Å². The van der Waals surface area contributed by atoms with Crippen molar-refractivity contribution < 1.29 is 9.18 Å². The van der Waals surface area contributed by atoms with E-state index in [2.05, 4.69) is 15.4 Å². The Morgan fingerprint density at radius 1 is 1.04 bits per heavy atom. The van der Waals surface area contributed by atoms with Crippen molar-refractivity contribution in [2.75, 3.05) is 5.32 Å². The Balaban J connectivity index is 1.70. The fourth-order valence-corrected chi connectivity index (χ4v) is 3.26. The maximum atomic E-state index is 14.1. The molecule has 134 valence electrons. The number of anilines is 1. The Hall–Kier alpha value is -3.32. The third kappa shape index (κ3) is 3.63. The lowest BCUT2D eigenvalue weighted by molar-refractivity contribution is 0.0943. The van der Waals surface area contributed by atoms with E-state index in [0.29, 0.717) is 12.4 Å². The molecule has 7 heteroatoms. The summed E-state index contributed by atoms with van der Waals surface area (Å²) < 4.78 is 15.2. The molecule has 0 unspecified atom stereocenters. The lowest BCUT2D eigenvalue weighted by Gasteiger charge is -2.07. The van der Waals surface area contributed by atoms with Crippen LogP contribution >= 0.6 is 11.3 Å². The first-order valence-electron chi connectivity index (χ1n) is 8.30. The molecule has 2 heterocycles. The van der Waals surface area contributed by atoms with Gasteiger partial charge in [0.15, 0.2) is 5.82 Å². The van der Waals surface area contributed by atoms with Crippen LogP contribution in [0.25, 0.3) is 10.7 Å². The van der Waals surface area contributed by atoms with Crippen molar-refractivity contribution in [3.8, 4) is 10.7 Å². The van der Waals surface area contributed by atoms with E-state index in [1.807, 2.05) is 47.8 Å². The molecule has 0 radical (unpaired) electrons. The molecule has 0 saturated heterocycles. The second kappa shape index (κ2) is 7.51. The van der Waals surface area contributed by atoms with Crippen LogP contribution in [0.5, 0.6) is 0 Å². The molecule has 4 aromatic rings. The molecule has 0 aliphatic heterocycles. The average molecular weight is 378 g/mol. The van der Waals surface area contributed by atoms with Crippen LogP contribution in [0.1, 0.15) is 15.9 Å². The number of hydrogen-bond acceptors (Lipinski definition) is 5. The Kier molecular flexibility index (Phi) is 4.76. The summed E-state index contributed by atoms with van der Waals surface area (Å²) in [7, 11) is 0. The first-order valence-corrected chi connectivity index (χ1v) is 9.18. The van der Waals surface area contributed by atoms with E-state index >= 15 is 0 Å². The van der Waals surface area contributed by atoms with Gasteiger partial charge in [-0.1, -0.05) is 48.5 Å². The highest BCUT2D eigenvalue weighted by Crippen LogP contribution is 2.24. The molecule has 0 amide bonds. The van der Waals surface area contributed by atoms with Crippen LogP contribution in [0.4, 0.5) is 10.3 Å². The Morgan fingerprint density at radius 3 is 2.56 bits per heavy atom. The van der Waals surface area contributed by atoms with Crippen LogP contribution in [0, 0.1) is 5.82 Å². The maximum absolute atomic E-state index is 14.1. The van der Waals surface area contributed by atoms with Crippen LogP contribution in [0.15, 0.2) is 72.1 Å². The summed E-state index contributed by atoms with van der Waals surface area (Å²) in [6, 6.07) is 19.3. The predicted molar refractivity (Wildman–Crippen MR) is 103 cm³/mol. The monoisotopic (exact) mass is 378 g/mol. The Bertz CT molecular complexity index is 1060. The van der Waals surface area contributed by atoms with Gasteiger partial charge in [0.2, 0.25) is 5.95 Å². The molecule has 2 aromatic carbocycles. The zero-order valence-corrected chi connectivity index (χ0v) is 15.0. The van der Waals surface area contributed by atoms with Gasteiger partial charge < -0.3 is 5.32 Å². The van der Waals surface area contributed by atoms with E-state index in [1.165, 1.54) is 23.5 Å².